The van der Waals surface area contributed by atoms with Gasteiger partial charge in [0.1, 0.15) is 6.04 Å². The molecule has 5 N–H and O–H groups in total. The molecule has 12 nitrogen and oxygen atoms in total. The third-order valence-corrected chi connectivity index (χ3v) is 15.5. The fourth-order valence-electron chi connectivity index (χ4n) is 12.5. The number of carbonyl (C=O) groups is 3. The Morgan fingerprint density at radius 1 is 0.945 bits per heavy atom. The second kappa shape index (κ2) is 17.9. The average molecular weight is 767 g/mol. The number of nitrogens with zero attached hydrogens (tertiary/aromatic N) is 5. The van der Waals surface area contributed by atoms with E-state index in [0.29, 0.717) is 49.6 Å². The van der Waals surface area contributed by atoms with Crippen molar-refractivity contribution in [2.24, 2.45) is 46.2 Å². The number of aromatic amines is 1. The number of nitrogens with two attached hydrogens (primary N) is 1. The molecule has 3 amide bonds. The zero-order chi connectivity index (χ0) is 39.5. The molecule has 0 radical (unpaired) electrons. The molecule has 4 saturated carbocycles. The molecule has 5 fully saturated rings. The van der Waals surface area contributed by atoms with Gasteiger partial charge in [-0.15, -0.1) is 0 Å². The lowest BCUT2D eigenvalue weighted by Gasteiger charge is -2.61. The predicted octanol–water partition coefficient (Wildman–Crippen LogP) is 3.90. The van der Waals surface area contributed by atoms with Gasteiger partial charge in [0.15, 0.2) is 0 Å². The van der Waals surface area contributed by atoms with Crippen LogP contribution in [0.3, 0.4) is 0 Å². The summed E-state index contributed by atoms with van der Waals surface area (Å²) in [6, 6.07) is -1.80. The third kappa shape index (κ3) is 9.44. The Morgan fingerprint density at radius 2 is 1.64 bits per heavy atom. The number of rotatable bonds is 16. The van der Waals surface area contributed by atoms with E-state index in [1.54, 1.807) is 17.4 Å². The van der Waals surface area contributed by atoms with Crippen molar-refractivity contribution in [3.8, 4) is 0 Å². The van der Waals surface area contributed by atoms with Gasteiger partial charge in [0.05, 0.1) is 18.5 Å². The van der Waals surface area contributed by atoms with Gasteiger partial charge in [0, 0.05) is 50.4 Å². The molecule has 55 heavy (non-hydrogen) atoms. The Labute approximate surface area is 331 Å². The van der Waals surface area contributed by atoms with Crippen LogP contribution in [0, 0.1) is 40.4 Å². The lowest BCUT2D eigenvalue weighted by molar-refractivity contribution is -0.144. The molecule has 0 aromatic carbocycles. The number of hydrogen-bond donors (Lipinski definition) is 4. The van der Waals surface area contributed by atoms with Gasteiger partial charge in [-0.1, -0.05) is 13.8 Å². The average Bonchev–Trinajstić information content (AvgIpc) is 3.88. The van der Waals surface area contributed by atoms with E-state index in [1.165, 1.54) is 44.9 Å². The monoisotopic (exact) mass is 767 g/mol. The Bertz CT molecular complexity index is 1430. The summed E-state index contributed by atoms with van der Waals surface area (Å²) in [5, 5.41) is 13.7. The molecule has 1 saturated heterocycles. The smallest absolute Gasteiger partial charge is 0.245 e. The van der Waals surface area contributed by atoms with E-state index in [1.807, 2.05) is 33.1 Å². The summed E-state index contributed by atoms with van der Waals surface area (Å²) in [6.45, 7) is 8.34. The minimum absolute atomic E-state index is 0.0237. The highest BCUT2D eigenvalue weighted by molar-refractivity contribution is 5.91. The summed E-state index contributed by atoms with van der Waals surface area (Å²) in [6.07, 6.45) is 17.6. The topological polar surface area (TPSA) is 151 Å². The Hall–Kier alpha value is -2.54. The fourth-order valence-corrected chi connectivity index (χ4v) is 12.5. The van der Waals surface area contributed by atoms with Gasteiger partial charge < -0.3 is 40.7 Å². The number of hydrogen-bond acceptors (Lipinski definition) is 8. The molecule has 310 valence electrons. The van der Waals surface area contributed by atoms with Crippen LogP contribution in [0.2, 0.25) is 0 Å². The lowest BCUT2D eigenvalue weighted by Crippen LogP contribution is -2.53. The molecule has 6 rings (SSSR count). The second-order valence-electron chi connectivity index (χ2n) is 19.5. The van der Waals surface area contributed by atoms with Crippen LogP contribution in [0.5, 0.6) is 0 Å². The van der Waals surface area contributed by atoms with Gasteiger partial charge >= 0.3 is 0 Å². The van der Waals surface area contributed by atoms with Crippen molar-refractivity contribution in [2.75, 3.05) is 60.9 Å². The molecular weight excluding hydrogens is 693 g/mol. The van der Waals surface area contributed by atoms with E-state index < -0.39 is 12.1 Å². The molecule has 1 aromatic heterocycles. The van der Waals surface area contributed by atoms with Crippen molar-refractivity contribution in [3.63, 3.8) is 0 Å². The van der Waals surface area contributed by atoms with E-state index in [9.17, 15) is 19.5 Å². The van der Waals surface area contributed by atoms with Gasteiger partial charge in [-0.2, -0.15) is 0 Å². The van der Waals surface area contributed by atoms with E-state index >= 15 is 0 Å². The Balaban J connectivity index is 1.08. The summed E-state index contributed by atoms with van der Waals surface area (Å²) in [5.74, 6) is 3.19. The van der Waals surface area contributed by atoms with Crippen LogP contribution in [0.1, 0.15) is 109 Å². The highest BCUT2D eigenvalue weighted by Gasteiger charge is 2.60. The van der Waals surface area contributed by atoms with Crippen molar-refractivity contribution in [2.45, 2.75) is 134 Å². The number of carbonyl (C=O) groups excluding carboxylic acids is 3. The van der Waals surface area contributed by atoms with Crippen molar-refractivity contribution >= 4 is 17.7 Å². The highest BCUT2D eigenvalue weighted by Crippen LogP contribution is 2.67. The summed E-state index contributed by atoms with van der Waals surface area (Å²) in [7, 11) is 8.15. The number of H-pyrrole nitrogens is 1. The van der Waals surface area contributed by atoms with Gasteiger partial charge in [-0.25, -0.2) is 4.98 Å². The predicted molar refractivity (Wildman–Crippen MR) is 216 cm³/mol. The lowest BCUT2D eigenvalue weighted by atomic mass is 9.44. The molecule has 2 heterocycles. The fraction of sp³-hybridized carbons (Fsp3) is 0.860. The molecule has 4 aliphatic carbocycles. The van der Waals surface area contributed by atoms with Crippen LogP contribution in [0.25, 0.3) is 0 Å². The van der Waals surface area contributed by atoms with Crippen LogP contribution >= 0.6 is 0 Å². The van der Waals surface area contributed by atoms with Gasteiger partial charge in [0.2, 0.25) is 17.7 Å². The number of aliphatic hydroxyl groups excluding tert-OH is 1. The standard InChI is InChI=1S/C43H74N8O4/c1-42-18-16-36-34(12-9-30-23-33(52)15-17-43(30,36)2)35(42)13-10-29(42)11-14-39(53)47-32-25-38(51(27-32)40(54)37(44)24-31-26-45-28-46-31)41(55)50(21-7-19-48(3)4)22-8-20-49(5)6/h26,28-30,32-38,52H,7-25,27,44H2,1-6H3,(H,45,46)(H,47,53)/t29?,30?,32-,33+,34?,35?,36?,37?,38-,42+,43-/m0/s1. The van der Waals surface area contributed by atoms with Crippen molar-refractivity contribution < 1.29 is 19.5 Å². The molecule has 0 bridgehead atoms. The Morgan fingerprint density at radius 3 is 2.31 bits per heavy atom. The number of imidazole rings is 1. The largest absolute Gasteiger partial charge is 0.393 e. The maximum atomic E-state index is 14.4. The number of fused-ring (bicyclic) bond motifs is 5. The molecule has 5 aliphatic rings. The van der Waals surface area contributed by atoms with Crippen molar-refractivity contribution in [1.29, 1.82) is 0 Å². The molecule has 11 atom stereocenters. The number of aliphatic hydroxyl groups is 1. The molecule has 0 spiro atoms. The maximum Gasteiger partial charge on any atom is 0.245 e. The van der Waals surface area contributed by atoms with Crippen LogP contribution in [-0.4, -0.2) is 138 Å². The van der Waals surface area contributed by atoms with E-state index in [4.69, 9.17) is 5.73 Å². The summed E-state index contributed by atoms with van der Waals surface area (Å²) >= 11 is 0. The maximum absolute atomic E-state index is 14.4. The molecular formula is C43H74N8O4. The minimum atomic E-state index is -0.824. The molecule has 12 heteroatoms. The first kappa shape index (κ1) is 42.1. The van der Waals surface area contributed by atoms with Crippen LogP contribution in [0.4, 0.5) is 0 Å². The van der Waals surface area contributed by atoms with Crippen LogP contribution in [-0.2, 0) is 20.8 Å². The van der Waals surface area contributed by atoms with E-state index in [2.05, 4.69) is 38.9 Å². The number of aromatic nitrogens is 2. The zero-order valence-electron chi connectivity index (χ0n) is 35.0. The van der Waals surface area contributed by atoms with Gasteiger partial charge in [-0.3, -0.25) is 14.4 Å². The summed E-state index contributed by atoms with van der Waals surface area (Å²) in [5.41, 5.74) is 7.92. The van der Waals surface area contributed by atoms with Crippen LogP contribution in [0.15, 0.2) is 12.5 Å². The molecule has 1 aromatic rings. The Kier molecular flexibility index (Phi) is 13.7. The minimum Gasteiger partial charge on any atom is -0.393 e. The molecule has 1 aliphatic heterocycles. The number of amides is 3. The first-order valence-corrected chi connectivity index (χ1v) is 21.8. The van der Waals surface area contributed by atoms with Crippen LogP contribution < -0.4 is 11.1 Å². The van der Waals surface area contributed by atoms with Gasteiger partial charge in [0.25, 0.3) is 0 Å². The molecule has 6 unspecified atom stereocenters. The van der Waals surface area contributed by atoms with E-state index in [0.717, 1.165) is 68.6 Å². The normalized spacial score (nSPS) is 35.0. The highest BCUT2D eigenvalue weighted by atomic mass is 16.3. The number of likely N-dealkylation sites (tertiary alicyclic amines) is 1. The van der Waals surface area contributed by atoms with Crippen molar-refractivity contribution in [1.82, 2.24) is 34.9 Å². The first-order chi connectivity index (χ1) is 26.2. The van der Waals surface area contributed by atoms with Gasteiger partial charge in [-0.05, 0) is 165 Å². The summed E-state index contributed by atoms with van der Waals surface area (Å²) in [4.78, 5) is 57.1. The first-order valence-electron chi connectivity index (χ1n) is 21.8. The van der Waals surface area contributed by atoms with Crippen molar-refractivity contribution in [3.05, 3.63) is 18.2 Å². The quantitative estimate of drug-likeness (QED) is 0.198. The summed E-state index contributed by atoms with van der Waals surface area (Å²) < 4.78 is 0. The van der Waals surface area contributed by atoms with E-state index in [-0.39, 0.29) is 41.8 Å². The zero-order valence-corrected chi connectivity index (χ0v) is 35.0. The third-order valence-electron chi connectivity index (χ3n) is 15.5. The second-order valence-corrected chi connectivity index (χ2v) is 19.5. The number of nitrogens with one attached hydrogen (secondary N) is 2. The SMILES string of the molecule is CN(C)CCCN(CCCN(C)C)C(=O)[C@@H]1C[C@H](NC(=O)CCC2CCC3C4CCC5C[C@H](O)CC[C@]5(C)C4CC[C@]23C)CN1C(=O)C(N)Cc1cnc[nH]1.